The number of nitrogens with one attached hydrogen (secondary N) is 1. The quantitative estimate of drug-likeness (QED) is 0.625. The molecule has 1 aromatic carbocycles. The van der Waals surface area contributed by atoms with Crippen molar-refractivity contribution in [2.45, 2.75) is 12.6 Å². The molecule has 2 N–H and O–H groups in total. The molecule has 0 saturated heterocycles. The molecule has 2 aromatic heterocycles. The van der Waals surface area contributed by atoms with Crippen molar-refractivity contribution in [2.24, 2.45) is 0 Å². The van der Waals surface area contributed by atoms with E-state index in [1.165, 1.54) is 13.2 Å². The normalized spacial score (nSPS) is 11.9. The Morgan fingerprint density at radius 1 is 1.30 bits per heavy atom. The second-order valence-electron chi connectivity index (χ2n) is 5.76. The Hall–Kier alpha value is -3.39. The number of hydrogen-bond donors (Lipinski definition) is 2. The van der Waals surface area contributed by atoms with Crippen LogP contribution in [0.25, 0.3) is 11.0 Å². The minimum Gasteiger partial charge on any atom is -0.497 e. The number of ether oxygens (including phenoxy) is 2. The fourth-order valence-corrected chi connectivity index (χ4v) is 2.44. The van der Waals surface area contributed by atoms with Gasteiger partial charge in [0.05, 0.1) is 20.3 Å². The molecule has 1 atom stereocenters. The van der Waals surface area contributed by atoms with Gasteiger partial charge in [0.1, 0.15) is 11.3 Å². The van der Waals surface area contributed by atoms with Gasteiger partial charge in [-0.2, -0.15) is 0 Å². The third kappa shape index (κ3) is 4.62. The van der Waals surface area contributed by atoms with Crippen molar-refractivity contribution in [3.8, 4) is 5.75 Å². The lowest BCUT2D eigenvalue weighted by Gasteiger charge is -2.14. The number of aromatic nitrogens is 1. The Bertz CT molecular complexity index is 938. The lowest BCUT2D eigenvalue weighted by atomic mass is 10.2. The Labute approximate surface area is 154 Å². The van der Waals surface area contributed by atoms with Crippen LogP contribution >= 0.6 is 0 Å². The van der Waals surface area contributed by atoms with Gasteiger partial charge in [-0.15, -0.1) is 0 Å². The SMILES string of the molecule is COc1ccc2oc(C(=O)NC(COCc3cccnc3)C(=O)O)cc2c1. The lowest BCUT2D eigenvalue weighted by molar-refractivity contribution is -0.141. The topological polar surface area (TPSA) is 111 Å². The third-order valence-electron chi connectivity index (χ3n) is 3.83. The molecule has 140 valence electrons. The summed E-state index contributed by atoms with van der Waals surface area (Å²) in [5.74, 6) is -1.20. The summed E-state index contributed by atoms with van der Waals surface area (Å²) in [7, 11) is 1.54. The number of carbonyl (C=O) groups excluding carboxylic acids is 1. The van der Waals surface area contributed by atoms with Crippen LogP contribution in [0, 0.1) is 0 Å². The third-order valence-corrected chi connectivity index (χ3v) is 3.83. The van der Waals surface area contributed by atoms with Gasteiger partial charge >= 0.3 is 5.97 Å². The number of rotatable bonds is 8. The fraction of sp³-hybridized carbons (Fsp3) is 0.211. The van der Waals surface area contributed by atoms with Gasteiger partial charge in [0.25, 0.3) is 5.91 Å². The van der Waals surface area contributed by atoms with Gasteiger partial charge in [-0.3, -0.25) is 9.78 Å². The van der Waals surface area contributed by atoms with Gasteiger partial charge in [0.15, 0.2) is 11.8 Å². The van der Waals surface area contributed by atoms with E-state index in [1.807, 2.05) is 6.07 Å². The van der Waals surface area contributed by atoms with Crippen LogP contribution in [-0.2, 0) is 16.1 Å². The average molecular weight is 370 g/mol. The van der Waals surface area contributed by atoms with E-state index in [4.69, 9.17) is 13.9 Å². The van der Waals surface area contributed by atoms with E-state index in [9.17, 15) is 14.7 Å². The number of amides is 1. The van der Waals surface area contributed by atoms with E-state index in [2.05, 4.69) is 10.3 Å². The minimum atomic E-state index is -1.21. The molecule has 2 heterocycles. The highest BCUT2D eigenvalue weighted by Crippen LogP contribution is 2.24. The zero-order valence-electron chi connectivity index (χ0n) is 14.5. The number of hydrogen-bond acceptors (Lipinski definition) is 6. The molecular weight excluding hydrogens is 352 g/mol. The Morgan fingerprint density at radius 2 is 2.15 bits per heavy atom. The Kier molecular flexibility index (Phi) is 5.68. The van der Waals surface area contributed by atoms with Crippen molar-refractivity contribution in [3.05, 3.63) is 60.1 Å². The molecular formula is C19H18N2O6. The number of carbonyl (C=O) groups is 2. The predicted molar refractivity (Wildman–Crippen MR) is 95.5 cm³/mol. The fourth-order valence-electron chi connectivity index (χ4n) is 2.44. The highest BCUT2D eigenvalue weighted by molar-refractivity contribution is 5.98. The van der Waals surface area contributed by atoms with Crippen LogP contribution in [-0.4, -0.2) is 41.7 Å². The lowest BCUT2D eigenvalue weighted by Crippen LogP contribution is -2.43. The average Bonchev–Trinajstić information content (AvgIpc) is 3.11. The Morgan fingerprint density at radius 3 is 2.85 bits per heavy atom. The maximum absolute atomic E-state index is 12.4. The minimum absolute atomic E-state index is 0.0109. The van der Waals surface area contributed by atoms with E-state index < -0.39 is 17.9 Å². The van der Waals surface area contributed by atoms with E-state index >= 15 is 0 Å². The van der Waals surface area contributed by atoms with Crippen molar-refractivity contribution >= 4 is 22.8 Å². The van der Waals surface area contributed by atoms with Crippen LogP contribution in [0.1, 0.15) is 16.1 Å². The van der Waals surface area contributed by atoms with Gasteiger partial charge in [0, 0.05) is 17.8 Å². The summed E-state index contributed by atoms with van der Waals surface area (Å²) in [5, 5.41) is 12.4. The van der Waals surface area contributed by atoms with Crippen LogP contribution < -0.4 is 10.1 Å². The first-order chi connectivity index (χ1) is 13.1. The van der Waals surface area contributed by atoms with Gasteiger partial charge in [0.2, 0.25) is 0 Å². The number of carboxylic acid groups (broad SMARTS) is 1. The molecule has 1 unspecified atom stereocenters. The summed E-state index contributed by atoms with van der Waals surface area (Å²) in [6.45, 7) is 0.00193. The van der Waals surface area contributed by atoms with Gasteiger partial charge < -0.3 is 24.3 Å². The maximum Gasteiger partial charge on any atom is 0.328 e. The van der Waals surface area contributed by atoms with Crippen LogP contribution in [0.5, 0.6) is 5.75 Å². The van der Waals surface area contributed by atoms with Crippen molar-refractivity contribution in [1.82, 2.24) is 10.3 Å². The van der Waals surface area contributed by atoms with Crippen LogP contribution in [0.2, 0.25) is 0 Å². The molecule has 27 heavy (non-hydrogen) atoms. The number of furan rings is 1. The zero-order valence-corrected chi connectivity index (χ0v) is 14.5. The summed E-state index contributed by atoms with van der Waals surface area (Å²) in [5.41, 5.74) is 1.31. The number of fused-ring (bicyclic) bond motifs is 1. The van der Waals surface area contributed by atoms with E-state index in [0.29, 0.717) is 16.7 Å². The maximum atomic E-state index is 12.4. The molecule has 1 amide bonds. The smallest absolute Gasteiger partial charge is 0.328 e. The van der Waals surface area contributed by atoms with Crippen LogP contribution in [0.15, 0.2) is 53.2 Å². The number of carboxylic acids is 1. The molecule has 0 fully saturated rings. The summed E-state index contributed by atoms with van der Waals surface area (Å²) in [4.78, 5) is 27.7. The van der Waals surface area contributed by atoms with Crippen LogP contribution in [0.3, 0.4) is 0 Å². The molecule has 0 saturated carbocycles. The van der Waals surface area contributed by atoms with Gasteiger partial charge in [-0.05, 0) is 35.9 Å². The van der Waals surface area contributed by atoms with E-state index in [0.717, 1.165) is 5.56 Å². The number of methoxy groups -OCH3 is 1. The number of pyridine rings is 1. The van der Waals surface area contributed by atoms with Crippen molar-refractivity contribution in [3.63, 3.8) is 0 Å². The summed E-state index contributed by atoms with van der Waals surface area (Å²) < 4.78 is 16.0. The molecule has 3 rings (SSSR count). The number of benzene rings is 1. The predicted octanol–water partition coefficient (Wildman–Crippen LogP) is 2.24. The molecule has 0 spiro atoms. The first-order valence-corrected chi connectivity index (χ1v) is 8.14. The zero-order chi connectivity index (χ0) is 19.2. The van der Waals surface area contributed by atoms with Crippen molar-refractivity contribution < 1.29 is 28.6 Å². The van der Waals surface area contributed by atoms with E-state index in [1.54, 1.807) is 36.7 Å². The molecule has 0 bridgehead atoms. The molecule has 0 aliphatic carbocycles. The highest BCUT2D eigenvalue weighted by Gasteiger charge is 2.23. The number of aliphatic carboxylic acids is 1. The molecule has 8 nitrogen and oxygen atoms in total. The first kappa shape index (κ1) is 18.4. The second kappa shape index (κ2) is 8.33. The van der Waals surface area contributed by atoms with Crippen molar-refractivity contribution in [1.29, 1.82) is 0 Å². The van der Waals surface area contributed by atoms with E-state index in [-0.39, 0.29) is 19.0 Å². The molecule has 0 radical (unpaired) electrons. The van der Waals surface area contributed by atoms with Crippen molar-refractivity contribution in [2.75, 3.05) is 13.7 Å². The standard InChI is InChI=1S/C19H18N2O6/c1-25-14-4-5-16-13(7-14)8-17(27-16)18(22)21-15(19(23)24)11-26-10-12-3-2-6-20-9-12/h2-9,15H,10-11H2,1H3,(H,21,22)(H,23,24). The number of nitrogens with zero attached hydrogens (tertiary/aromatic N) is 1. The molecule has 3 aromatic rings. The monoisotopic (exact) mass is 370 g/mol. The largest absolute Gasteiger partial charge is 0.497 e. The summed E-state index contributed by atoms with van der Waals surface area (Å²) in [6, 6.07) is 8.99. The summed E-state index contributed by atoms with van der Waals surface area (Å²) >= 11 is 0. The van der Waals surface area contributed by atoms with Crippen LogP contribution in [0.4, 0.5) is 0 Å². The molecule has 0 aliphatic rings. The second-order valence-corrected chi connectivity index (χ2v) is 5.76. The van der Waals surface area contributed by atoms with Gasteiger partial charge in [-0.25, -0.2) is 4.79 Å². The molecule has 0 aliphatic heterocycles. The van der Waals surface area contributed by atoms with Gasteiger partial charge in [-0.1, -0.05) is 6.07 Å². The first-order valence-electron chi connectivity index (χ1n) is 8.14. The Balaban J connectivity index is 1.63. The highest BCUT2D eigenvalue weighted by atomic mass is 16.5. The molecule has 8 heteroatoms. The summed E-state index contributed by atoms with van der Waals surface area (Å²) in [6.07, 6.45) is 3.25.